The predicted molar refractivity (Wildman–Crippen MR) is 50.0 cm³/mol. The second-order valence-electron chi connectivity index (χ2n) is 2.53. The molecule has 0 saturated heterocycles. The van der Waals surface area contributed by atoms with Gasteiger partial charge in [-0.2, -0.15) is 0 Å². The Morgan fingerprint density at radius 2 is 2.25 bits per heavy atom. The minimum Gasteiger partial charge on any atom is -0.478 e. The topological polar surface area (TPSA) is 37.3 Å². The van der Waals surface area contributed by atoms with Crippen LogP contribution in [0, 0.1) is 0 Å². The lowest BCUT2D eigenvalue weighted by Crippen LogP contribution is -1.89. The molecule has 0 unspecified atom stereocenters. The lowest BCUT2D eigenvalue weighted by atomic mass is 10.1. The van der Waals surface area contributed by atoms with Crippen LogP contribution in [0.15, 0.2) is 36.5 Å². The third-order valence-electron chi connectivity index (χ3n) is 1.35. The maximum atomic E-state index is 10.2. The maximum Gasteiger partial charge on any atom is 0.328 e. The van der Waals surface area contributed by atoms with Crippen LogP contribution in [0.5, 0.6) is 0 Å². The Balaban J connectivity index is 3.70. The zero-order valence-corrected chi connectivity index (χ0v) is 7.29. The largest absolute Gasteiger partial charge is 0.478 e. The first-order valence-corrected chi connectivity index (χ1v) is 3.84. The molecule has 2 nitrogen and oxygen atoms in total. The van der Waals surface area contributed by atoms with E-state index in [4.69, 9.17) is 5.11 Å². The van der Waals surface area contributed by atoms with Gasteiger partial charge in [-0.3, -0.25) is 0 Å². The number of rotatable bonds is 5. The van der Waals surface area contributed by atoms with Gasteiger partial charge in [0.15, 0.2) is 0 Å². The highest BCUT2D eigenvalue weighted by atomic mass is 16.4. The molecule has 2 heteroatoms. The highest BCUT2D eigenvalue weighted by Crippen LogP contribution is 2.03. The van der Waals surface area contributed by atoms with E-state index in [0.29, 0.717) is 0 Å². The quantitative estimate of drug-likeness (QED) is 0.503. The summed E-state index contributed by atoms with van der Waals surface area (Å²) in [6.45, 7) is 5.35. The second kappa shape index (κ2) is 6.40. The summed E-state index contributed by atoms with van der Waals surface area (Å²) < 4.78 is 0. The third kappa shape index (κ3) is 6.81. The number of hydrogen-bond donors (Lipinski definition) is 1. The lowest BCUT2D eigenvalue weighted by molar-refractivity contribution is -0.131. The lowest BCUT2D eigenvalue weighted by Gasteiger charge is -1.94. The van der Waals surface area contributed by atoms with E-state index in [9.17, 15) is 4.79 Å². The van der Waals surface area contributed by atoms with Gasteiger partial charge >= 0.3 is 5.97 Å². The second-order valence-corrected chi connectivity index (χ2v) is 2.53. The van der Waals surface area contributed by atoms with Gasteiger partial charge in [-0.1, -0.05) is 30.4 Å². The summed E-state index contributed by atoms with van der Waals surface area (Å²) in [5, 5.41) is 8.38. The Bertz CT molecular complexity index is 212. The minimum absolute atomic E-state index is 0.788. The van der Waals surface area contributed by atoms with Crippen molar-refractivity contribution >= 4 is 5.97 Å². The average molecular weight is 166 g/mol. The van der Waals surface area contributed by atoms with Crippen molar-refractivity contribution in [2.24, 2.45) is 0 Å². The van der Waals surface area contributed by atoms with Crippen LogP contribution in [-0.4, -0.2) is 11.1 Å². The number of hydrogen-bond acceptors (Lipinski definition) is 1. The third-order valence-corrected chi connectivity index (χ3v) is 1.35. The van der Waals surface area contributed by atoms with Crippen LogP contribution in [-0.2, 0) is 4.79 Å². The van der Waals surface area contributed by atoms with E-state index in [-0.39, 0.29) is 0 Å². The van der Waals surface area contributed by atoms with Crippen molar-refractivity contribution in [3.8, 4) is 0 Å². The van der Waals surface area contributed by atoms with E-state index >= 15 is 0 Å². The molecule has 0 radical (unpaired) electrons. The molecule has 0 atom stereocenters. The molecule has 0 aromatic heterocycles. The monoisotopic (exact) mass is 166 g/mol. The van der Waals surface area contributed by atoms with Crippen LogP contribution < -0.4 is 0 Å². The number of carbonyl (C=O) groups is 1. The molecule has 0 fully saturated rings. The standard InChI is InChI=1S/C10H14O2/c1-3-4-5-6-7-9(2)8-10(11)12/h3-5,8H,1,6-7H2,2H3,(H,11,12). The molecule has 0 aliphatic rings. The van der Waals surface area contributed by atoms with Gasteiger partial charge in [0.25, 0.3) is 0 Å². The average Bonchev–Trinajstić information content (AvgIpc) is 1.97. The summed E-state index contributed by atoms with van der Waals surface area (Å²) in [6, 6.07) is 0. The number of carboxylic acid groups (broad SMARTS) is 1. The summed E-state index contributed by atoms with van der Waals surface area (Å²) in [6.07, 6.45) is 8.41. The van der Waals surface area contributed by atoms with Gasteiger partial charge in [0.1, 0.15) is 0 Å². The fraction of sp³-hybridized carbons (Fsp3) is 0.300. The summed E-state index contributed by atoms with van der Waals surface area (Å²) in [5.74, 6) is -0.875. The SMILES string of the molecule is C=CC=CCCC(C)=CC(=O)O. The first-order chi connectivity index (χ1) is 5.66. The van der Waals surface area contributed by atoms with Crippen LogP contribution in [0.2, 0.25) is 0 Å². The molecule has 0 saturated carbocycles. The van der Waals surface area contributed by atoms with Gasteiger partial charge in [-0.05, 0) is 19.8 Å². The number of aliphatic carboxylic acids is 1. The molecule has 0 aromatic rings. The smallest absolute Gasteiger partial charge is 0.328 e. The molecule has 1 N–H and O–H groups in total. The summed E-state index contributed by atoms with van der Waals surface area (Å²) in [4.78, 5) is 10.2. The Morgan fingerprint density at radius 3 is 2.75 bits per heavy atom. The molecular formula is C10H14O2. The van der Waals surface area contributed by atoms with Gasteiger partial charge in [0.05, 0.1) is 0 Å². The minimum atomic E-state index is -0.875. The zero-order valence-electron chi connectivity index (χ0n) is 7.29. The molecule has 0 aromatic carbocycles. The van der Waals surface area contributed by atoms with E-state index < -0.39 is 5.97 Å². The Labute approximate surface area is 72.9 Å². The van der Waals surface area contributed by atoms with E-state index in [1.165, 1.54) is 6.08 Å². The normalized spacial score (nSPS) is 11.9. The van der Waals surface area contributed by atoms with Crippen molar-refractivity contribution in [2.75, 3.05) is 0 Å². The molecule has 0 aliphatic heterocycles. The molecule has 0 rings (SSSR count). The highest BCUT2D eigenvalue weighted by Gasteiger charge is 1.91. The molecular weight excluding hydrogens is 152 g/mol. The molecule has 66 valence electrons. The fourth-order valence-corrected chi connectivity index (χ4v) is 0.786. The van der Waals surface area contributed by atoms with E-state index in [1.807, 2.05) is 19.1 Å². The molecule has 12 heavy (non-hydrogen) atoms. The highest BCUT2D eigenvalue weighted by molar-refractivity contribution is 5.80. The van der Waals surface area contributed by atoms with Crippen molar-refractivity contribution in [3.63, 3.8) is 0 Å². The van der Waals surface area contributed by atoms with Gasteiger partial charge < -0.3 is 5.11 Å². The molecule has 0 heterocycles. The Hall–Kier alpha value is -1.31. The van der Waals surface area contributed by atoms with Crippen LogP contribution >= 0.6 is 0 Å². The van der Waals surface area contributed by atoms with Crippen molar-refractivity contribution in [1.29, 1.82) is 0 Å². The Kier molecular flexibility index (Phi) is 5.70. The number of allylic oxidation sites excluding steroid dienone is 4. The summed E-state index contributed by atoms with van der Waals surface area (Å²) >= 11 is 0. The van der Waals surface area contributed by atoms with E-state index in [0.717, 1.165) is 18.4 Å². The first-order valence-electron chi connectivity index (χ1n) is 3.84. The Morgan fingerprint density at radius 1 is 1.58 bits per heavy atom. The van der Waals surface area contributed by atoms with Gasteiger partial charge in [-0.15, -0.1) is 0 Å². The maximum absolute atomic E-state index is 10.2. The fourth-order valence-electron chi connectivity index (χ4n) is 0.786. The van der Waals surface area contributed by atoms with Crippen LogP contribution in [0.25, 0.3) is 0 Å². The molecule has 0 amide bonds. The molecule has 0 bridgehead atoms. The number of carboxylic acids is 1. The van der Waals surface area contributed by atoms with E-state index in [1.54, 1.807) is 6.08 Å². The van der Waals surface area contributed by atoms with Crippen LogP contribution in [0.1, 0.15) is 19.8 Å². The van der Waals surface area contributed by atoms with Crippen LogP contribution in [0.4, 0.5) is 0 Å². The van der Waals surface area contributed by atoms with Gasteiger partial charge in [-0.25, -0.2) is 4.79 Å². The van der Waals surface area contributed by atoms with Crippen molar-refractivity contribution in [2.45, 2.75) is 19.8 Å². The van der Waals surface area contributed by atoms with Gasteiger partial charge in [0.2, 0.25) is 0 Å². The molecule has 0 spiro atoms. The van der Waals surface area contributed by atoms with E-state index in [2.05, 4.69) is 6.58 Å². The van der Waals surface area contributed by atoms with Gasteiger partial charge in [0, 0.05) is 6.08 Å². The summed E-state index contributed by atoms with van der Waals surface area (Å²) in [5.41, 5.74) is 0.885. The van der Waals surface area contributed by atoms with Crippen molar-refractivity contribution < 1.29 is 9.90 Å². The molecule has 0 aliphatic carbocycles. The first kappa shape index (κ1) is 10.7. The predicted octanol–water partition coefficient (Wildman–Crippen LogP) is 2.54. The van der Waals surface area contributed by atoms with Crippen LogP contribution in [0.3, 0.4) is 0 Å². The van der Waals surface area contributed by atoms with Crippen molar-refractivity contribution in [1.82, 2.24) is 0 Å². The zero-order chi connectivity index (χ0) is 9.40. The summed E-state index contributed by atoms with van der Waals surface area (Å²) in [7, 11) is 0. The van der Waals surface area contributed by atoms with Crippen molar-refractivity contribution in [3.05, 3.63) is 36.5 Å².